The van der Waals surface area contributed by atoms with Crippen LogP contribution in [0, 0.1) is 13.8 Å². The molecule has 4 nitrogen and oxygen atoms in total. The zero-order valence-corrected chi connectivity index (χ0v) is 11.3. The van der Waals surface area contributed by atoms with Crippen LogP contribution in [0.25, 0.3) is 0 Å². The highest BCUT2D eigenvalue weighted by Gasteiger charge is 2.07. The summed E-state index contributed by atoms with van der Waals surface area (Å²) in [6.45, 7) is 7.78. The topological polar surface area (TPSA) is 33.1 Å². The monoisotopic (exact) mass is 244 g/mol. The van der Waals surface area contributed by atoms with Crippen LogP contribution in [-0.4, -0.2) is 48.4 Å². The molecule has 0 fully saturated rings. The number of hydrogen-bond acceptors (Lipinski definition) is 3. The highest BCUT2D eigenvalue weighted by atomic mass is 35.5. The van der Waals surface area contributed by atoms with Gasteiger partial charge >= 0.3 is 0 Å². The van der Waals surface area contributed by atoms with Crippen LogP contribution in [0.1, 0.15) is 11.4 Å². The average molecular weight is 245 g/mol. The Morgan fingerprint density at radius 2 is 2.00 bits per heavy atom. The van der Waals surface area contributed by atoms with Gasteiger partial charge in [0.05, 0.1) is 23.0 Å². The Morgan fingerprint density at radius 1 is 1.31 bits per heavy atom. The Balaban J connectivity index is 2.29. The van der Waals surface area contributed by atoms with Crippen molar-refractivity contribution in [1.29, 1.82) is 0 Å². The second-order valence-corrected chi connectivity index (χ2v) is 4.64. The van der Waals surface area contributed by atoms with Gasteiger partial charge in [0.15, 0.2) is 0 Å². The maximum Gasteiger partial charge on any atom is 0.0844 e. The zero-order valence-electron chi connectivity index (χ0n) is 10.5. The van der Waals surface area contributed by atoms with Crippen LogP contribution >= 0.6 is 11.6 Å². The molecule has 0 bridgehead atoms. The van der Waals surface area contributed by atoms with Gasteiger partial charge in [-0.25, -0.2) is 0 Å². The van der Waals surface area contributed by atoms with Gasteiger partial charge in [0.2, 0.25) is 0 Å². The summed E-state index contributed by atoms with van der Waals surface area (Å²) in [5.74, 6) is 0. The summed E-state index contributed by atoms with van der Waals surface area (Å²) in [4.78, 5) is 2.16. The van der Waals surface area contributed by atoms with Crippen LogP contribution in [0.2, 0.25) is 5.02 Å². The van der Waals surface area contributed by atoms with E-state index in [1.165, 1.54) is 0 Å². The zero-order chi connectivity index (χ0) is 12.1. The second kappa shape index (κ2) is 6.23. The number of aromatic nitrogens is 2. The molecular weight excluding hydrogens is 224 g/mol. The molecule has 0 amide bonds. The van der Waals surface area contributed by atoms with Crippen LogP contribution in [0.5, 0.6) is 0 Å². The first-order chi connectivity index (χ1) is 7.52. The van der Waals surface area contributed by atoms with E-state index in [0.717, 1.165) is 42.6 Å². The SMILES string of the molecule is Cc1nn(CCNCCN(C)C)c(C)c1Cl. The molecule has 0 aliphatic carbocycles. The number of hydrogen-bond donors (Lipinski definition) is 1. The molecule has 0 aromatic carbocycles. The van der Waals surface area contributed by atoms with Crippen LogP contribution in [0.3, 0.4) is 0 Å². The molecule has 1 heterocycles. The highest BCUT2D eigenvalue weighted by Crippen LogP contribution is 2.18. The fourth-order valence-electron chi connectivity index (χ4n) is 1.51. The Morgan fingerprint density at radius 3 is 2.50 bits per heavy atom. The lowest BCUT2D eigenvalue weighted by atomic mass is 10.4. The molecule has 1 aromatic heterocycles. The van der Waals surface area contributed by atoms with Crippen molar-refractivity contribution in [2.24, 2.45) is 0 Å². The number of aryl methyl sites for hydroxylation is 1. The quantitative estimate of drug-likeness (QED) is 0.766. The van der Waals surface area contributed by atoms with E-state index in [-0.39, 0.29) is 0 Å². The van der Waals surface area contributed by atoms with Crippen LogP contribution < -0.4 is 5.32 Å². The van der Waals surface area contributed by atoms with Crippen molar-refractivity contribution < 1.29 is 0 Å². The predicted octanol–water partition coefficient (Wildman–Crippen LogP) is 1.30. The van der Waals surface area contributed by atoms with Gasteiger partial charge in [0.25, 0.3) is 0 Å². The summed E-state index contributed by atoms with van der Waals surface area (Å²) in [5.41, 5.74) is 1.96. The molecule has 1 rings (SSSR count). The number of likely N-dealkylation sites (N-methyl/N-ethyl adjacent to an activating group) is 1. The van der Waals surface area contributed by atoms with Crippen LogP contribution in [0.15, 0.2) is 0 Å². The molecule has 1 N–H and O–H groups in total. The van der Waals surface area contributed by atoms with Crippen molar-refractivity contribution in [2.45, 2.75) is 20.4 Å². The van der Waals surface area contributed by atoms with E-state index < -0.39 is 0 Å². The molecule has 92 valence electrons. The fourth-order valence-corrected chi connectivity index (χ4v) is 1.64. The van der Waals surface area contributed by atoms with Gasteiger partial charge in [-0.3, -0.25) is 4.68 Å². The van der Waals surface area contributed by atoms with Gasteiger partial charge in [0.1, 0.15) is 0 Å². The van der Waals surface area contributed by atoms with Crippen molar-refractivity contribution in [1.82, 2.24) is 20.0 Å². The minimum Gasteiger partial charge on any atom is -0.314 e. The first-order valence-electron chi connectivity index (χ1n) is 5.57. The maximum atomic E-state index is 6.07. The van der Waals surface area contributed by atoms with Crippen LogP contribution in [0.4, 0.5) is 0 Å². The molecule has 16 heavy (non-hydrogen) atoms. The lowest BCUT2D eigenvalue weighted by Gasteiger charge is -2.10. The van der Waals surface area contributed by atoms with E-state index in [1.807, 2.05) is 18.5 Å². The normalized spacial score (nSPS) is 11.4. The summed E-state index contributed by atoms with van der Waals surface area (Å²) in [7, 11) is 4.14. The van der Waals surface area contributed by atoms with Gasteiger partial charge in [-0.2, -0.15) is 5.10 Å². The Labute approximate surface area is 103 Å². The van der Waals surface area contributed by atoms with E-state index in [0.29, 0.717) is 0 Å². The smallest absolute Gasteiger partial charge is 0.0844 e. The first kappa shape index (κ1) is 13.5. The molecule has 0 aliphatic heterocycles. The lowest BCUT2D eigenvalue weighted by molar-refractivity contribution is 0.396. The Kier molecular flexibility index (Phi) is 5.25. The molecule has 0 atom stereocenters. The number of nitrogens with zero attached hydrogens (tertiary/aromatic N) is 3. The van der Waals surface area contributed by atoms with Crippen LogP contribution in [-0.2, 0) is 6.54 Å². The first-order valence-corrected chi connectivity index (χ1v) is 5.95. The predicted molar refractivity (Wildman–Crippen MR) is 68.1 cm³/mol. The Hall–Kier alpha value is -0.580. The molecule has 0 saturated heterocycles. The highest BCUT2D eigenvalue weighted by molar-refractivity contribution is 6.31. The standard InChI is InChI=1S/C11H21ClN4/c1-9-11(12)10(2)16(14-9)8-6-13-5-7-15(3)4/h13H,5-8H2,1-4H3. The van der Waals surface area contributed by atoms with E-state index in [1.54, 1.807) is 0 Å². The summed E-state index contributed by atoms with van der Waals surface area (Å²) >= 11 is 6.07. The molecule has 0 saturated carbocycles. The van der Waals surface area contributed by atoms with Crippen molar-refractivity contribution in [2.75, 3.05) is 33.7 Å². The molecule has 0 spiro atoms. The molecule has 0 radical (unpaired) electrons. The third-order valence-corrected chi connectivity index (χ3v) is 3.08. The van der Waals surface area contributed by atoms with Gasteiger partial charge in [-0.05, 0) is 27.9 Å². The second-order valence-electron chi connectivity index (χ2n) is 4.26. The van der Waals surface area contributed by atoms with E-state index in [2.05, 4.69) is 29.4 Å². The molecule has 0 aliphatic rings. The largest absolute Gasteiger partial charge is 0.314 e. The number of nitrogens with one attached hydrogen (secondary N) is 1. The van der Waals surface area contributed by atoms with E-state index in [9.17, 15) is 0 Å². The summed E-state index contributed by atoms with van der Waals surface area (Å²) < 4.78 is 1.96. The van der Waals surface area contributed by atoms with E-state index in [4.69, 9.17) is 11.6 Å². The minimum absolute atomic E-state index is 0.785. The summed E-state index contributed by atoms with van der Waals surface area (Å²) in [6, 6.07) is 0. The van der Waals surface area contributed by atoms with Gasteiger partial charge in [0, 0.05) is 19.6 Å². The maximum absolute atomic E-state index is 6.07. The Bertz CT molecular complexity index is 333. The number of halogens is 1. The fraction of sp³-hybridized carbons (Fsp3) is 0.727. The summed E-state index contributed by atoms with van der Waals surface area (Å²) in [5, 5.41) is 8.54. The van der Waals surface area contributed by atoms with Gasteiger partial charge in [-0.1, -0.05) is 11.6 Å². The molecule has 5 heteroatoms. The van der Waals surface area contributed by atoms with Crippen molar-refractivity contribution in [3.8, 4) is 0 Å². The average Bonchev–Trinajstić information content (AvgIpc) is 2.45. The van der Waals surface area contributed by atoms with Crippen molar-refractivity contribution in [3.63, 3.8) is 0 Å². The lowest BCUT2D eigenvalue weighted by Crippen LogP contribution is -2.29. The van der Waals surface area contributed by atoms with Crippen molar-refractivity contribution >= 4 is 11.6 Å². The summed E-state index contributed by atoms with van der Waals surface area (Å²) in [6.07, 6.45) is 0. The van der Waals surface area contributed by atoms with Gasteiger partial charge in [-0.15, -0.1) is 0 Å². The van der Waals surface area contributed by atoms with Crippen molar-refractivity contribution in [3.05, 3.63) is 16.4 Å². The molecular formula is C11H21ClN4. The molecule has 1 aromatic rings. The van der Waals surface area contributed by atoms with E-state index >= 15 is 0 Å². The molecule has 0 unspecified atom stereocenters. The number of rotatable bonds is 6. The third kappa shape index (κ3) is 3.77. The van der Waals surface area contributed by atoms with Gasteiger partial charge < -0.3 is 10.2 Å². The third-order valence-electron chi connectivity index (χ3n) is 2.53. The minimum atomic E-state index is 0.785.